The van der Waals surface area contributed by atoms with Gasteiger partial charge in [0.15, 0.2) is 0 Å². The molecule has 0 aliphatic carbocycles. The number of amides is 1. The Labute approximate surface area is 157 Å². The molecule has 8 heteroatoms. The first-order chi connectivity index (χ1) is 12.4. The van der Waals surface area contributed by atoms with Crippen molar-refractivity contribution in [3.63, 3.8) is 0 Å². The second-order valence-corrected chi connectivity index (χ2v) is 7.53. The van der Waals surface area contributed by atoms with Gasteiger partial charge in [-0.3, -0.25) is 4.79 Å². The van der Waals surface area contributed by atoms with Crippen molar-refractivity contribution in [2.24, 2.45) is 17.1 Å². The van der Waals surface area contributed by atoms with E-state index in [9.17, 15) is 28.3 Å². The van der Waals surface area contributed by atoms with Gasteiger partial charge in [0.25, 0.3) is 0 Å². The fraction of sp³-hybridized carbons (Fsp3) is 0.579. The Balaban J connectivity index is 2.56. The van der Waals surface area contributed by atoms with Gasteiger partial charge in [0.05, 0.1) is 12.2 Å². The number of nitrogens with two attached hydrogens (primary N) is 1. The minimum absolute atomic E-state index is 0.112. The van der Waals surface area contributed by atoms with Crippen LogP contribution in [-0.2, 0) is 11.2 Å². The predicted octanol–water partition coefficient (Wildman–Crippen LogP) is 2.54. The predicted molar refractivity (Wildman–Crippen MR) is 95.3 cm³/mol. The van der Waals surface area contributed by atoms with Gasteiger partial charge >= 0.3 is 12.1 Å². The summed E-state index contributed by atoms with van der Waals surface area (Å²) in [5.41, 5.74) is 6.24. The Kier molecular flexibility index (Phi) is 8.25. The van der Waals surface area contributed by atoms with Crippen molar-refractivity contribution < 1.29 is 23.1 Å². The number of benzene rings is 1. The van der Waals surface area contributed by atoms with E-state index in [0.29, 0.717) is 6.42 Å². The number of nitrogens with zero attached hydrogens (tertiary/aromatic N) is 1. The third-order valence-corrected chi connectivity index (χ3v) is 4.30. The molecule has 0 spiro atoms. The molecular weight excluding hydrogens is 359 g/mol. The first-order valence-electron chi connectivity index (χ1n) is 8.67. The van der Waals surface area contributed by atoms with Crippen LogP contribution in [0, 0.1) is 22.7 Å². The maximum atomic E-state index is 12.3. The molecule has 0 aliphatic heterocycles. The van der Waals surface area contributed by atoms with Crippen LogP contribution < -0.4 is 11.1 Å². The summed E-state index contributed by atoms with van der Waals surface area (Å²) in [7, 11) is 0. The van der Waals surface area contributed by atoms with Gasteiger partial charge in [0.1, 0.15) is 0 Å². The van der Waals surface area contributed by atoms with Gasteiger partial charge in [-0.15, -0.1) is 0 Å². The molecule has 150 valence electrons. The molecule has 0 bridgehead atoms. The van der Waals surface area contributed by atoms with Gasteiger partial charge in [0.2, 0.25) is 0 Å². The van der Waals surface area contributed by atoms with Crippen LogP contribution >= 0.6 is 0 Å². The SMILES string of the molecule is CC(C)(CNC(=O)C(F)(F)F)CC(C#N)C[C@@H](O)[C@@H](N)Cc1ccccc1. The van der Waals surface area contributed by atoms with Crippen LogP contribution in [-0.4, -0.2) is 35.9 Å². The molecule has 1 unspecified atom stereocenters. The molecule has 3 atom stereocenters. The molecule has 1 amide bonds. The molecule has 0 radical (unpaired) electrons. The summed E-state index contributed by atoms with van der Waals surface area (Å²) in [6.07, 6.45) is -5.08. The van der Waals surface area contributed by atoms with Crippen LogP contribution in [0.25, 0.3) is 0 Å². The van der Waals surface area contributed by atoms with E-state index in [2.05, 4.69) is 6.07 Å². The lowest BCUT2D eigenvalue weighted by atomic mass is 9.80. The molecule has 0 aromatic heterocycles. The number of carbonyl (C=O) groups is 1. The number of nitriles is 1. The van der Waals surface area contributed by atoms with E-state index >= 15 is 0 Å². The summed E-state index contributed by atoms with van der Waals surface area (Å²) in [6.45, 7) is 3.09. The molecule has 27 heavy (non-hydrogen) atoms. The number of rotatable bonds is 9. The van der Waals surface area contributed by atoms with Crippen LogP contribution in [0.1, 0.15) is 32.3 Å². The van der Waals surface area contributed by atoms with E-state index in [1.54, 1.807) is 13.8 Å². The second-order valence-electron chi connectivity index (χ2n) is 7.53. The Hall–Kier alpha value is -2.11. The lowest BCUT2D eigenvalue weighted by Gasteiger charge is -2.29. The van der Waals surface area contributed by atoms with E-state index in [4.69, 9.17) is 5.73 Å². The summed E-state index contributed by atoms with van der Waals surface area (Å²) in [6, 6.07) is 10.9. The van der Waals surface area contributed by atoms with Crippen molar-refractivity contribution >= 4 is 5.91 Å². The monoisotopic (exact) mass is 385 g/mol. The van der Waals surface area contributed by atoms with Crippen LogP contribution in [0.15, 0.2) is 30.3 Å². The highest BCUT2D eigenvalue weighted by Gasteiger charge is 2.39. The van der Waals surface area contributed by atoms with Crippen molar-refractivity contribution in [1.82, 2.24) is 5.32 Å². The van der Waals surface area contributed by atoms with Gasteiger partial charge in [-0.1, -0.05) is 44.2 Å². The number of carbonyl (C=O) groups excluding carboxylic acids is 1. The van der Waals surface area contributed by atoms with E-state index in [1.807, 2.05) is 35.6 Å². The quantitative estimate of drug-likeness (QED) is 0.608. The zero-order chi connectivity index (χ0) is 20.7. The average Bonchev–Trinajstić information content (AvgIpc) is 2.58. The normalized spacial score (nSPS) is 15.5. The van der Waals surface area contributed by atoms with Crippen LogP contribution in [0.2, 0.25) is 0 Å². The summed E-state index contributed by atoms with van der Waals surface area (Å²) >= 11 is 0. The first-order valence-corrected chi connectivity index (χ1v) is 8.67. The molecule has 4 N–H and O–H groups in total. The molecule has 1 aromatic carbocycles. The summed E-state index contributed by atoms with van der Waals surface area (Å²) < 4.78 is 36.8. The van der Waals surface area contributed by atoms with Crippen LogP contribution in [0.4, 0.5) is 13.2 Å². The molecular formula is C19H26F3N3O2. The fourth-order valence-electron chi connectivity index (χ4n) is 2.83. The molecule has 5 nitrogen and oxygen atoms in total. The molecule has 0 saturated carbocycles. The molecule has 1 aromatic rings. The first kappa shape index (κ1) is 22.9. The number of hydrogen-bond acceptors (Lipinski definition) is 4. The fourth-order valence-corrected chi connectivity index (χ4v) is 2.83. The third kappa shape index (κ3) is 8.41. The smallest absolute Gasteiger partial charge is 0.391 e. The van der Waals surface area contributed by atoms with Crippen molar-refractivity contribution in [3.8, 4) is 6.07 Å². The summed E-state index contributed by atoms with van der Waals surface area (Å²) in [4.78, 5) is 10.9. The number of alkyl halides is 3. The number of aliphatic hydroxyl groups is 1. The van der Waals surface area contributed by atoms with E-state index < -0.39 is 35.6 Å². The number of nitrogens with one attached hydrogen (secondary N) is 1. The van der Waals surface area contributed by atoms with Gasteiger partial charge in [-0.2, -0.15) is 18.4 Å². The largest absolute Gasteiger partial charge is 0.471 e. The minimum atomic E-state index is -4.94. The molecule has 0 saturated heterocycles. The topological polar surface area (TPSA) is 99.1 Å². The molecule has 0 heterocycles. The summed E-state index contributed by atoms with van der Waals surface area (Å²) in [5.74, 6) is -2.60. The molecule has 0 aliphatic rings. The molecule has 1 rings (SSSR count). The number of aliphatic hydroxyl groups excluding tert-OH is 1. The van der Waals surface area contributed by atoms with E-state index in [0.717, 1.165) is 5.56 Å². The third-order valence-electron chi connectivity index (χ3n) is 4.30. The average molecular weight is 385 g/mol. The lowest BCUT2D eigenvalue weighted by molar-refractivity contribution is -0.174. The molecule has 0 fully saturated rings. The maximum Gasteiger partial charge on any atom is 0.471 e. The Morgan fingerprint density at radius 2 is 1.89 bits per heavy atom. The van der Waals surface area contributed by atoms with Crippen molar-refractivity contribution in [2.45, 2.75) is 51.4 Å². The van der Waals surface area contributed by atoms with Crippen LogP contribution in [0.3, 0.4) is 0 Å². The van der Waals surface area contributed by atoms with Crippen LogP contribution in [0.5, 0.6) is 0 Å². The summed E-state index contributed by atoms with van der Waals surface area (Å²) in [5, 5.41) is 21.5. The lowest BCUT2D eigenvalue weighted by Crippen LogP contribution is -2.42. The zero-order valence-electron chi connectivity index (χ0n) is 15.5. The Morgan fingerprint density at radius 1 is 1.30 bits per heavy atom. The zero-order valence-corrected chi connectivity index (χ0v) is 15.5. The van der Waals surface area contributed by atoms with Crippen molar-refractivity contribution in [2.75, 3.05) is 6.54 Å². The Bertz CT molecular complexity index is 642. The van der Waals surface area contributed by atoms with Crippen molar-refractivity contribution in [3.05, 3.63) is 35.9 Å². The number of hydrogen-bond donors (Lipinski definition) is 3. The Morgan fingerprint density at radius 3 is 2.41 bits per heavy atom. The second kappa shape index (κ2) is 9.72. The van der Waals surface area contributed by atoms with E-state index in [-0.39, 0.29) is 19.4 Å². The minimum Gasteiger partial charge on any atom is -0.391 e. The highest BCUT2D eigenvalue weighted by atomic mass is 19.4. The van der Waals surface area contributed by atoms with Gasteiger partial charge in [0, 0.05) is 18.5 Å². The highest BCUT2D eigenvalue weighted by Crippen LogP contribution is 2.28. The highest BCUT2D eigenvalue weighted by molar-refractivity contribution is 5.81. The van der Waals surface area contributed by atoms with Gasteiger partial charge < -0.3 is 16.2 Å². The van der Waals surface area contributed by atoms with Gasteiger partial charge in [-0.25, -0.2) is 0 Å². The standard InChI is InChI=1S/C19H26F3N3O2/c1-18(2,12-25-17(27)19(20,21)22)10-14(11-23)9-16(26)15(24)8-13-6-4-3-5-7-13/h3-7,14-16,26H,8-10,12,24H2,1-2H3,(H,25,27)/t14?,15-,16+/m0/s1. The van der Waals surface area contributed by atoms with Crippen molar-refractivity contribution in [1.29, 1.82) is 5.26 Å². The van der Waals surface area contributed by atoms with E-state index in [1.165, 1.54) is 0 Å². The van der Waals surface area contributed by atoms with Gasteiger partial charge in [-0.05, 0) is 30.2 Å². The maximum absolute atomic E-state index is 12.3. The number of halogens is 3.